The number of anilines is 1. The fourth-order valence-corrected chi connectivity index (χ4v) is 7.02. The van der Waals surface area contributed by atoms with Crippen LogP contribution in [0.2, 0.25) is 0 Å². The SMILES string of the molecule is COc1ccc([C@@H]2CN(C(C)(C)C)C[C@@]2(F)C(=O)N2CC(c3ccc(C(F)(F)F)cc3N3CCC(C(C)(C)O)CC3)C2)cc1. The van der Waals surface area contributed by atoms with E-state index in [9.17, 15) is 23.1 Å². The van der Waals surface area contributed by atoms with Crippen LogP contribution in [0.1, 0.15) is 76.0 Å². The molecule has 3 aliphatic rings. The fraction of sp³-hybridized carbons (Fsp3) is 0.618. The van der Waals surface area contributed by atoms with Crippen molar-refractivity contribution in [1.29, 1.82) is 0 Å². The van der Waals surface area contributed by atoms with Crippen LogP contribution in [-0.4, -0.2) is 84.0 Å². The van der Waals surface area contributed by atoms with Crippen molar-refractivity contribution in [1.82, 2.24) is 9.80 Å². The molecule has 5 rings (SSSR count). The van der Waals surface area contributed by atoms with Gasteiger partial charge in [0.25, 0.3) is 5.91 Å². The highest BCUT2D eigenvalue weighted by Gasteiger charge is 2.58. The highest BCUT2D eigenvalue weighted by Crippen LogP contribution is 2.46. The molecule has 6 nitrogen and oxygen atoms in total. The fourth-order valence-electron chi connectivity index (χ4n) is 7.02. The minimum atomic E-state index is -4.49. The lowest BCUT2D eigenvalue weighted by Gasteiger charge is -2.45. The van der Waals surface area contributed by atoms with Gasteiger partial charge in [-0.2, -0.15) is 13.2 Å². The van der Waals surface area contributed by atoms with E-state index in [1.165, 1.54) is 17.0 Å². The molecule has 3 heterocycles. The summed E-state index contributed by atoms with van der Waals surface area (Å²) in [5.74, 6) is -0.731. The van der Waals surface area contributed by atoms with Gasteiger partial charge in [-0.3, -0.25) is 9.69 Å². The summed E-state index contributed by atoms with van der Waals surface area (Å²) in [5.41, 5.74) is -2.08. The van der Waals surface area contributed by atoms with Crippen molar-refractivity contribution >= 4 is 11.6 Å². The maximum Gasteiger partial charge on any atom is 0.416 e. The highest BCUT2D eigenvalue weighted by atomic mass is 19.4. The molecule has 10 heteroatoms. The first-order valence-corrected chi connectivity index (χ1v) is 15.5. The molecule has 2 aromatic carbocycles. The number of hydrogen-bond acceptors (Lipinski definition) is 5. The third kappa shape index (κ3) is 6.29. The maximum atomic E-state index is 17.1. The van der Waals surface area contributed by atoms with Crippen LogP contribution in [0.4, 0.5) is 23.2 Å². The summed E-state index contributed by atoms with van der Waals surface area (Å²) in [6.45, 7) is 11.4. The Balaban J connectivity index is 1.37. The number of piperidine rings is 1. The van der Waals surface area contributed by atoms with E-state index in [2.05, 4.69) is 0 Å². The molecule has 0 spiro atoms. The Bertz CT molecular complexity index is 1340. The number of rotatable bonds is 6. The van der Waals surface area contributed by atoms with Crippen LogP contribution >= 0.6 is 0 Å². The second-order valence-electron chi connectivity index (χ2n) is 14.3. The van der Waals surface area contributed by atoms with E-state index >= 15 is 4.39 Å². The lowest BCUT2D eigenvalue weighted by molar-refractivity contribution is -0.149. The largest absolute Gasteiger partial charge is 0.497 e. The Morgan fingerprint density at radius 2 is 1.57 bits per heavy atom. The van der Waals surface area contributed by atoms with Gasteiger partial charge in [0.1, 0.15) is 5.75 Å². The molecule has 2 atom stereocenters. The molecule has 3 fully saturated rings. The zero-order valence-electron chi connectivity index (χ0n) is 26.5. The molecule has 1 amide bonds. The third-order valence-electron chi connectivity index (χ3n) is 10.00. The van der Waals surface area contributed by atoms with Gasteiger partial charge < -0.3 is 19.6 Å². The predicted molar refractivity (Wildman–Crippen MR) is 163 cm³/mol. The number of hydrogen-bond donors (Lipinski definition) is 1. The number of likely N-dealkylation sites (tertiary alicyclic amines) is 2. The smallest absolute Gasteiger partial charge is 0.416 e. The van der Waals surface area contributed by atoms with Crippen LogP contribution in [0.25, 0.3) is 0 Å². The van der Waals surface area contributed by atoms with Gasteiger partial charge in [0.2, 0.25) is 5.67 Å². The van der Waals surface area contributed by atoms with E-state index in [0.717, 1.165) is 17.2 Å². The summed E-state index contributed by atoms with van der Waals surface area (Å²) in [5, 5.41) is 10.5. The molecule has 3 aliphatic heterocycles. The molecular weight excluding hydrogens is 574 g/mol. The molecule has 0 saturated carbocycles. The Morgan fingerprint density at radius 3 is 2.09 bits per heavy atom. The Morgan fingerprint density at radius 1 is 0.955 bits per heavy atom. The van der Waals surface area contributed by atoms with Crippen LogP contribution in [-0.2, 0) is 11.0 Å². The molecule has 0 bridgehead atoms. The molecule has 0 radical (unpaired) electrons. The van der Waals surface area contributed by atoms with Gasteiger partial charge in [-0.1, -0.05) is 18.2 Å². The van der Waals surface area contributed by atoms with Crippen LogP contribution in [0, 0.1) is 5.92 Å². The average Bonchev–Trinajstić information content (AvgIpc) is 3.30. The zero-order valence-corrected chi connectivity index (χ0v) is 26.5. The number of nitrogens with zero attached hydrogens (tertiary/aromatic N) is 3. The minimum Gasteiger partial charge on any atom is -0.497 e. The van der Waals surface area contributed by atoms with E-state index in [4.69, 9.17) is 4.74 Å². The zero-order chi connectivity index (χ0) is 32.2. The van der Waals surface area contributed by atoms with Gasteiger partial charge in [-0.25, -0.2) is 4.39 Å². The summed E-state index contributed by atoms with van der Waals surface area (Å²) >= 11 is 0. The summed E-state index contributed by atoms with van der Waals surface area (Å²) in [4.78, 5) is 19.4. The number of ether oxygens (including phenoxy) is 1. The number of carbonyl (C=O) groups is 1. The van der Waals surface area contributed by atoms with Gasteiger partial charge in [-0.15, -0.1) is 0 Å². The van der Waals surface area contributed by atoms with E-state index in [1.807, 2.05) is 42.7 Å². The van der Waals surface area contributed by atoms with Gasteiger partial charge in [0.15, 0.2) is 0 Å². The number of carbonyl (C=O) groups excluding carboxylic acids is 1. The van der Waals surface area contributed by atoms with E-state index in [0.29, 0.717) is 43.9 Å². The van der Waals surface area contributed by atoms with Gasteiger partial charge in [0, 0.05) is 62.3 Å². The second-order valence-corrected chi connectivity index (χ2v) is 14.3. The quantitative estimate of drug-likeness (QED) is 0.389. The number of methoxy groups -OCH3 is 1. The predicted octanol–water partition coefficient (Wildman–Crippen LogP) is 6.23. The molecular formula is C34H45F4N3O3. The summed E-state index contributed by atoms with van der Waals surface area (Å²) in [6, 6.07) is 11.0. The number of amides is 1. The maximum absolute atomic E-state index is 17.1. The molecule has 242 valence electrons. The normalized spacial score (nSPS) is 24.5. The van der Waals surface area contributed by atoms with Gasteiger partial charge in [-0.05, 0) is 88.8 Å². The lowest BCUT2D eigenvalue weighted by Crippen LogP contribution is -2.58. The van der Waals surface area contributed by atoms with Crippen LogP contribution in [0.3, 0.4) is 0 Å². The molecule has 2 aromatic rings. The van der Waals surface area contributed by atoms with Crippen molar-refractivity contribution in [3.63, 3.8) is 0 Å². The first-order chi connectivity index (χ1) is 20.4. The molecule has 3 saturated heterocycles. The van der Waals surface area contributed by atoms with Crippen molar-refractivity contribution in [3.8, 4) is 5.75 Å². The first kappa shape index (κ1) is 32.5. The molecule has 44 heavy (non-hydrogen) atoms. The number of benzene rings is 2. The Hall–Kier alpha value is -2.85. The third-order valence-corrected chi connectivity index (χ3v) is 10.00. The topological polar surface area (TPSA) is 56.2 Å². The lowest BCUT2D eigenvalue weighted by atomic mass is 9.81. The van der Waals surface area contributed by atoms with Crippen LogP contribution in [0.15, 0.2) is 42.5 Å². The highest BCUT2D eigenvalue weighted by molar-refractivity contribution is 5.88. The first-order valence-electron chi connectivity index (χ1n) is 15.5. The second kappa shape index (κ2) is 11.5. The summed E-state index contributed by atoms with van der Waals surface area (Å²) < 4.78 is 63.6. The number of aliphatic hydroxyl groups is 1. The van der Waals surface area contributed by atoms with Crippen molar-refractivity contribution < 1.29 is 32.2 Å². The number of halogens is 4. The Kier molecular flexibility index (Phi) is 8.51. The monoisotopic (exact) mass is 619 g/mol. The summed E-state index contributed by atoms with van der Waals surface area (Å²) in [7, 11) is 1.56. The van der Waals surface area contributed by atoms with Crippen molar-refractivity contribution in [2.75, 3.05) is 51.3 Å². The van der Waals surface area contributed by atoms with Gasteiger partial charge in [0.05, 0.1) is 18.3 Å². The van der Waals surface area contributed by atoms with Crippen molar-refractivity contribution in [3.05, 3.63) is 59.2 Å². The van der Waals surface area contributed by atoms with Crippen LogP contribution < -0.4 is 9.64 Å². The van der Waals surface area contributed by atoms with E-state index in [-0.39, 0.29) is 37.0 Å². The van der Waals surface area contributed by atoms with Crippen molar-refractivity contribution in [2.45, 2.75) is 82.3 Å². The van der Waals surface area contributed by atoms with E-state index < -0.39 is 34.8 Å². The van der Waals surface area contributed by atoms with Gasteiger partial charge >= 0.3 is 6.18 Å². The molecule has 0 unspecified atom stereocenters. The number of alkyl halides is 4. The molecule has 1 N–H and O–H groups in total. The van der Waals surface area contributed by atoms with Crippen LogP contribution in [0.5, 0.6) is 5.75 Å². The summed E-state index contributed by atoms with van der Waals surface area (Å²) in [6.07, 6.45) is -3.16. The van der Waals surface area contributed by atoms with Crippen molar-refractivity contribution in [2.24, 2.45) is 5.92 Å². The van der Waals surface area contributed by atoms with E-state index in [1.54, 1.807) is 33.1 Å². The Labute approximate surface area is 258 Å². The molecule has 0 aliphatic carbocycles. The average molecular weight is 620 g/mol. The molecule has 0 aromatic heterocycles. The minimum absolute atomic E-state index is 0.0329. The standard InChI is InChI=1S/C34H45F4N3O3/c1-31(2,3)41-20-28(22-7-10-26(44-6)11-8-22)33(35,21-41)30(42)40-18-23(19-40)27-12-9-25(34(36,37)38)17-29(27)39-15-13-24(14-16-39)32(4,5)43/h7-12,17,23-24,28,43H,13-16,18-21H2,1-6H3/t28-,33-/m0/s1.